The van der Waals surface area contributed by atoms with E-state index in [-0.39, 0.29) is 35.3 Å². The van der Waals surface area contributed by atoms with Gasteiger partial charge in [0, 0.05) is 17.1 Å². The Morgan fingerprint density at radius 3 is 2.50 bits per heavy atom. The second-order valence-electron chi connectivity index (χ2n) is 8.65. The number of hydrogen-bond acceptors (Lipinski definition) is 9. The molecule has 0 aromatic heterocycles. The molecule has 1 aromatic rings. The van der Waals surface area contributed by atoms with Crippen molar-refractivity contribution >= 4 is 29.4 Å². The van der Waals surface area contributed by atoms with E-state index in [1.165, 1.54) is 17.0 Å². The van der Waals surface area contributed by atoms with Crippen LogP contribution in [0, 0.1) is 17.2 Å². The lowest BCUT2D eigenvalue weighted by Gasteiger charge is -2.51. The molecular formula is C22H23N3O7. The normalized spacial score (nSPS) is 29.6. The average Bonchev–Trinajstić information content (AvgIpc) is 2.70. The van der Waals surface area contributed by atoms with E-state index in [1.54, 1.807) is 14.1 Å². The van der Waals surface area contributed by atoms with E-state index in [1.807, 2.05) is 0 Å². The first-order valence-corrected chi connectivity index (χ1v) is 9.96. The van der Waals surface area contributed by atoms with Gasteiger partial charge in [-0.15, -0.1) is 0 Å². The molecule has 0 heterocycles. The molecular weight excluding hydrogens is 418 g/mol. The van der Waals surface area contributed by atoms with Gasteiger partial charge in [0.05, 0.1) is 17.3 Å². The van der Waals surface area contributed by atoms with Crippen LogP contribution in [0.4, 0.5) is 0 Å². The number of Topliss-reactive ketones (excluding diaryl/α,β-unsaturated/α-hetero) is 1. The van der Waals surface area contributed by atoms with E-state index in [4.69, 9.17) is 11.1 Å². The number of phenols is 1. The summed E-state index contributed by atoms with van der Waals surface area (Å²) in [6.45, 7) is 0. The van der Waals surface area contributed by atoms with Crippen molar-refractivity contribution in [2.24, 2.45) is 17.6 Å². The fraction of sp³-hybridized carbons (Fsp3) is 0.364. The number of nitrogens with zero attached hydrogens (tertiary/aromatic N) is 1. The van der Waals surface area contributed by atoms with Crippen molar-refractivity contribution in [1.82, 2.24) is 4.90 Å². The summed E-state index contributed by atoms with van der Waals surface area (Å²) in [7, 11) is 3.17. The second kappa shape index (κ2) is 7.01. The Morgan fingerprint density at radius 1 is 1.28 bits per heavy atom. The van der Waals surface area contributed by atoms with Crippen molar-refractivity contribution < 1.29 is 34.8 Å². The lowest BCUT2D eigenvalue weighted by molar-refractivity contribution is -0.138. The van der Waals surface area contributed by atoms with Gasteiger partial charge in [0.15, 0.2) is 5.60 Å². The van der Waals surface area contributed by atoms with E-state index in [0.29, 0.717) is 11.8 Å². The minimum atomic E-state index is -2.53. The molecule has 10 nitrogen and oxygen atoms in total. The smallest absolute Gasteiger partial charge is 0.254 e. The Labute approximate surface area is 182 Å². The first-order chi connectivity index (χ1) is 15.0. The van der Waals surface area contributed by atoms with Gasteiger partial charge in [0.2, 0.25) is 5.78 Å². The van der Waals surface area contributed by atoms with Crippen molar-refractivity contribution in [1.29, 1.82) is 5.41 Å². The number of carbonyl (C=O) groups is 3. The number of carbonyl (C=O) groups excluding carboxylic acids is 3. The molecule has 4 atom stereocenters. The van der Waals surface area contributed by atoms with Gasteiger partial charge in [-0.25, -0.2) is 0 Å². The van der Waals surface area contributed by atoms with E-state index < -0.39 is 58.0 Å². The van der Waals surface area contributed by atoms with Crippen LogP contribution in [0.3, 0.4) is 0 Å². The van der Waals surface area contributed by atoms with Gasteiger partial charge in [0.25, 0.3) is 5.91 Å². The third-order valence-corrected chi connectivity index (χ3v) is 6.82. The third-order valence-electron chi connectivity index (χ3n) is 6.82. The molecule has 1 amide bonds. The van der Waals surface area contributed by atoms with Crippen LogP contribution in [-0.2, 0) is 16.0 Å². The number of hydrogen-bond donors (Lipinski definition) is 6. The van der Waals surface area contributed by atoms with Gasteiger partial charge in [-0.2, -0.15) is 0 Å². The van der Waals surface area contributed by atoms with Crippen LogP contribution in [0.2, 0.25) is 0 Å². The molecule has 0 radical (unpaired) electrons. The number of nitrogens with one attached hydrogen (secondary N) is 1. The van der Waals surface area contributed by atoms with Crippen molar-refractivity contribution in [3.8, 4) is 5.75 Å². The summed E-state index contributed by atoms with van der Waals surface area (Å²) >= 11 is 0. The Hall–Kier alpha value is -3.50. The summed E-state index contributed by atoms with van der Waals surface area (Å²) < 4.78 is 0. The average molecular weight is 441 g/mol. The summed E-state index contributed by atoms with van der Waals surface area (Å²) in [6, 6.07) is 1.63. The van der Waals surface area contributed by atoms with Crippen LogP contribution in [0.1, 0.15) is 27.9 Å². The number of phenolic OH excluding ortho intramolecular Hbond substituents is 1. The van der Waals surface area contributed by atoms with Crippen LogP contribution in [0.25, 0.3) is 5.76 Å². The minimum absolute atomic E-state index is 0.0519. The number of nitrogens with two attached hydrogens (primary N) is 1. The minimum Gasteiger partial charge on any atom is -0.510 e. The first kappa shape index (κ1) is 21.7. The van der Waals surface area contributed by atoms with E-state index >= 15 is 0 Å². The number of ketones is 1. The van der Waals surface area contributed by atoms with Crippen LogP contribution >= 0.6 is 0 Å². The number of benzene rings is 1. The van der Waals surface area contributed by atoms with Crippen LogP contribution in [-0.4, -0.2) is 74.8 Å². The van der Waals surface area contributed by atoms with E-state index in [2.05, 4.69) is 0 Å². The van der Waals surface area contributed by atoms with E-state index in [9.17, 15) is 34.8 Å². The molecule has 1 aromatic carbocycles. The highest BCUT2D eigenvalue weighted by Gasteiger charge is 2.63. The molecule has 1 fully saturated rings. The molecule has 10 heteroatoms. The summed E-state index contributed by atoms with van der Waals surface area (Å²) in [6.07, 6.45) is 0.761. The van der Waals surface area contributed by atoms with Gasteiger partial charge in [-0.05, 0) is 50.6 Å². The Kier molecular flexibility index (Phi) is 4.76. The Bertz CT molecular complexity index is 1170. The fourth-order valence-corrected chi connectivity index (χ4v) is 5.43. The van der Waals surface area contributed by atoms with Crippen LogP contribution in [0.15, 0.2) is 29.0 Å². The summed E-state index contributed by atoms with van der Waals surface area (Å²) in [5.41, 5.74) is 1.70. The molecule has 3 aliphatic rings. The standard InChI is InChI=1S/C22H23N3O7/c1-25(2)16-11-6-9-5-10-8(7-26)3-4-12(27)14(10)17(28)13(9)20(30)22(11,32)19(23)15(18(16)29)21(24)31/h3-4,7,9,11,16,23,27-29,32H,5-6H2,1-2H3,(H2,24,31)/t9-,11-,16-,22+/m0/s1. The summed E-state index contributed by atoms with van der Waals surface area (Å²) in [5, 5.41) is 51.9. The number of likely N-dealkylation sites (N-methyl/N-ethyl adjacent to an activating group) is 1. The Balaban J connectivity index is 1.98. The zero-order valence-corrected chi connectivity index (χ0v) is 17.4. The monoisotopic (exact) mass is 441 g/mol. The molecule has 32 heavy (non-hydrogen) atoms. The topological polar surface area (TPSA) is 185 Å². The summed E-state index contributed by atoms with van der Waals surface area (Å²) in [4.78, 5) is 38.6. The number of aromatic hydroxyl groups is 1. The van der Waals surface area contributed by atoms with Gasteiger partial charge < -0.3 is 31.6 Å². The molecule has 7 N–H and O–H groups in total. The van der Waals surface area contributed by atoms with Crippen molar-refractivity contribution in [3.05, 3.63) is 45.7 Å². The SMILES string of the molecule is CN(C)[C@@H]1C(O)=C(C(N)=O)C(=N)[C@@]2(O)C(=O)C3=C(O)c4c(O)ccc(C=O)c4C[C@H]3C[C@@H]12. The number of aldehydes is 1. The highest BCUT2D eigenvalue weighted by molar-refractivity contribution is 6.33. The second-order valence-corrected chi connectivity index (χ2v) is 8.65. The lowest BCUT2D eigenvalue weighted by Crippen LogP contribution is -2.67. The number of primary amides is 1. The molecule has 0 aliphatic heterocycles. The molecule has 4 rings (SSSR count). The van der Waals surface area contributed by atoms with Gasteiger partial charge in [0.1, 0.15) is 29.1 Å². The fourth-order valence-electron chi connectivity index (χ4n) is 5.43. The quantitative estimate of drug-likeness (QED) is 0.360. The highest BCUT2D eigenvalue weighted by Crippen LogP contribution is 2.52. The number of amides is 1. The van der Waals surface area contributed by atoms with Crippen molar-refractivity contribution in [2.45, 2.75) is 24.5 Å². The predicted molar refractivity (Wildman–Crippen MR) is 112 cm³/mol. The van der Waals surface area contributed by atoms with Crippen LogP contribution in [0.5, 0.6) is 5.75 Å². The zero-order chi connectivity index (χ0) is 23.7. The molecule has 168 valence electrons. The lowest BCUT2D eigenvalue weighted by atomic mass is 9.56. The molecule has 0 unspecified atom stereocenters. The molecule has 0 saturated heterocycles. The largest absolute Gasteiger partial charge is 0.510 e. The predicted octanol–water partition coefficient (Wildman–Crippen LogP) is 0.227. The van der Waals surface area contributed by atoms with Crippen molar-refractivity contribution in [2.75, 3.05) is 14.1 Å². The van der Waals surface area contributed by atoms with Gasteiger partial charge >= 0.3 is 0 Å². The summed E-state index contributed by atoms with van der Waals surface area (Å²) in [5.74, 6) is -5.27. The Morgan fingerprint density at radius 2 is 1.94 bits per heavy atom. The van der Waals surface area contributed by atoms with E-state index in [0.717, 1.165) is 0 Å². The molecule has 3 aliphatic carbocycles. The number of fused-ring (bicyclic) bond motifs is 3. The van der Waals surface area contributed by atoms with Crippen LogP contribution < -0.4 is 5.73 Å². The number of aliphatic hydroxyl groups is 3. The molecule has 1 saturated carbocycles. The number of rotatable bonds is 3. The molecule has 0 spiro atoms. The van der Waals surface area contributed by atoms with Crippen molar-refractivity contribution in [3.63, 3.8) is 0 Å². The van der Waals surface area contributed by atoms with Gasteiger partial charge in [-0.1, -0.05) is 0 Å². The maximum Gasteiger partial charge on any atom is 0.254 e. The highest BCUT2D eigenvalue weighted by atomic mass is 16.3. The van der Waals surface area contributed by atoms with Gasteiger partial charge in [-0.3, -0.25) is 19.3 Å². The number of aliphatic hydroxyl groups excluding tert-OH is 2. The maximum atomic E-state index is 13.6. The maximum absolute atomic E-state index is 13.6. The first-order valence-electron chi connectivity index (χ1n) is 9.96. The third kappa shape index (κ3) is 2.59. The molecule has 0 bridgehead atoms. The zero-order valence-electron chi connectivity index (χ0n) is 17.4.